The second kappa shape index (κ2) is 6.19. The molecule has 0 saturated heterocycles. The maximum Gasteiger partial charge on any atom is 0.264 e. The number of anilines is 1. The summed E-state index contributed by atoms with van der Waals surface area (Å²) < 4.78 is 26.2. The first-order valence-electron chi connectivity index (χ1n) is 6.70. The summed E-state index contributed by atoms with van der Waals surface area (Å²) in [6, 6.07) is 14.7. The Morgan fingerprint density at radius 2 is 1.41 bits per heavy atom. The van der Waals surface area contributed by atoms with Gasteiger partial charge in [-0.2, -0.15) is 0 Å². The molecule has 0 radical (unpaired) electrons. The van der Waals surface area contributed by atoms with Crippen LogP contribution >= 0.6 is 0 Å². The maximum atomic E-state index is 12.5. The average molecular weight is 318 g/mol. The van der Waals surface area contributed by atoms with Gasteiger partial charge in [0, 0.05) is 26.7 Å². The van der Waals surface area contributed by atoms with Gasteiger partial charge in [-0.25, -0.2) is 8.42 Å². The number of carbonyl (C=O) groups is 1. The molecule has 2 aromatic carbocycles. The van der Waals surface area contributed by atoms with E-state index < -0.39 is 10.0 Å². The van der Waals surface area contributed by atoms with Crippen molar-refractivity contribution in [3.63, 3.8) is 0 Å². The van der Waals surface area contributed by atoms with Crippen molar-refractivity contribution < 1.29 is 13.2 Å². The fourth-order valence-electron chi connectivity index (χ4n) is 1.96. The molecule has 0 spiro atoms. The van der Waals surface area contributed by atoms with Crippen LogP contribution in [0.1, 0.15) is 10.4 Å². The molecule has 6 heteroatoms. The van der Waals surface area contributed by atoms with Crippen LogP contribution in [-0.2, 0) is 10.0 Å². The highest BCUT2D eigenvalue weighted by atomic mass is 32.2. The molecule has 22 heavy (non-hydrogen) atoms. The van der Waals surface area contributed by atoms with Gasteiger partial charge in [0.1, 0.15) is 0 Å². The number of carbonyl (C=O) groups excluding carboxylic acids is 1. The Labute approximate surface area is 130 Å². The number of hydrogen-bond donors (Lipinski definition) is 0. The first kappa shape index (κ1) is 16.0. The van der Waals surface area contributed by atoms with Gasteiger partial charge in [0.05, 0.1) is 10.6 Å². The Bertz CT molecular complexity index is 754. The van der Waals surface area contributed by atoms with Gasteiger partial charge in [0.25, 0.3) is 15.9 Å². The predicted molar refractivity (Wildman–Crippen MR) is 86.5 cm³/mol. The van der Waals surface area contributed by atoms with Crippen LogP contribution < -0.4 is 4.31 Å². The van der Waals surface area contributed by atoms with E-state index in [0.717, 1.165) is 0 Å². The van der Waals surface area contributed by atoms with Crippen LogP contribution in [0.15, 0.2) is 59.5 Å². The van der Waals surface area contributed by atoms with Crippen LogP contribution in [0, 0.1) is 0 Å². The molecule has 0 atom stereocenters. The van der Waals surface area contributed by atoms with Crippen LogP contribution in [0.2, 0.25) is 0 Å². The molecule has 0 aliphatic heterocycles. The molecule has 0 heterocycles. The predicted octanol–water partition coefficient (Wildman–Crippen LogP) is 2.21. The zero-order valence-corrected chi connectivity index (χ0v) is 13.5. The number of hydrogen-bond acceptors (Lipinski definition) is 3. The lowest BCUT2D eigenvalue weighted by atomic mass is 10.2. The molecule has 0 bridgehead atoms. The molecule has 0 aliphatic carbocycles. The molecule has 0 saturated carbocycles. The molecule has 1 amide bonds. The van der Waals surface area contributed by atoms with Crippen molar-refractivity contribution in [3.8, 4) is 0 Å². The zero-order chi connectivity index (χ0) is 16.3. The summed E-state index contributed by atoms with van der Waals surface area (Å²) in [4.78, 5) is 13.5. The molecule has 0 aliphatic rings. The van der Waals surface area contributed by atoms with E-state index in [1.165, 1.54) is 16.3 Å². The fraction of sp³-hybridized carbons (Fsp3) is 0.188. The molecule has 5 nitrogen and oxygen atoms in total. The summed E-state index contributed by atoms with van der Waals surface area (Å²) in [6.07, 6.45) is 0. The molecule has 0 N–H and O–H groups in total. The van der Waals surface area contributed by atoms with Gasteiger partial charge in [-0.05, 0) is 36.4 Å². The van der Waals surface area contributed by atoms with E-state index in [1.807, 2.05) is 0 Å². The quantitative estimate of drug-likeness (QED) is 0.868. The third kappa shape index (κ3) is 3.12. The van der Waals surface area contributed by atoms with Crippen molar-refractivity contribution in [3.05, 3.63) is 60.2 Å². The fourth-order valence-corrected chi connectivity index (χ4v) is 3.18. The van der Waals surface area contributed by atoms with Crippen LogP contribution in [0.25, 0.3) is 0 Å². The Morgan fingerprint density at radius 1 is 0.864 bits per heavy atom. The summed E-state index contributed by atoms with van der Waals surface area (Å²) >= 11 is 0. The Hall–Kier alpha value is -2.34. The third-order valence-corrected chi connectivity index (χ3v) is 5.09. The zero-order valence-electron chi connectivity index (χ0n) is 12.7. The lowest BCUT2D eigenvalue weighted by Crippen LogP contribution is -2.26. The van der Waals surface area contributed by atoms with Crippen LogP contribution in [0.4, 0.5) is 5.69 Å². The molecule has 0 unspecified atom stereocenters. The molecular formula is C16H18N2O3S. The first-order chi connectivity index (χ1) is 10.3. The van der Waals surface area contributed by atoms with Crippen molar-refractivity contribution in [2.45, 2.75) is 4.90 Å². The summed E-state index contributed by atoms with van der Waals surface area (Å²) in [5.74, 6) is -0.125. The lowest BCUT2D eigenvalue weighted by molar-refractivity contribution is 0.0827. The van der Waals surface area contributed by atoms with Crippen molar-refractivity contribution in [2.24, 2.45) is 0 Å². The topological polar surface area (TPSA) is 57.7 Å². The normalized spacial score (nSPS) is 11.0. The number of amides is 1. The molecule has 116 valence electrons. The molecule has 2 aromatic rings. The summed E-state index contributed by atoms with van der Waals surface area (Å²) in [5.41, 5.74) is 1.01. The highest BCUT2D eigenvalue weighted by Gasteiger charge is 2.21. The van der Waals surface area contributed by atoms with Crippen LogP contribution in [0.5, 0.6) is 0 Å². The maximum absolute atomic E-state index is 12.5. The van der Waals surface area contributed by atoms with Gasteiger partial charge >= 0.3 is 0 Å². The van der Waals surface area contributed by atoms with Crippen molar-refractivity contribution >= 4 is 21.6 Å². The highest BCUT2D eigenvalue weighted by Crippen LogP contribution is 2.22. The number of rotatable bonds is 4. The van der Waals surface area contributed by atoms with Gasteiger partial charge in [-0.15, -0.1) is 0 Å². The van der Waals surface area contributed by atoms with Gasteiger partial charge in [0.15, 0.2) is 0 Å². The van der Waals surface area contributed by atoms with E-state index in [-0.39, 0.29) is 10.8 Å². The first-order valence-corrected chi connectivity index (χ1v) is 8.14. The average Bonchev–Trinajstić information content (AvgIpc) is 2.54. The van der Waals surface area contributed by atoms with Crippen molar-refractivity contribution in [1.82, 2.24) is 4.90 Å². The monoisotopic (exact) mass is 318 g/mol. The molecule has 2 rings (SSSR count). The number of benzene rings is 2. The van der Waals surface area contributed by atoms with Gasteiger partial charge in [-0.1, -0.05) is 18.2 Å². The Balaban J connectivity index is 2.31. The minimum absolute atomic E-state index is 0.125. The van der Waals surface area contributed by atoms with E-state index in [0.29, 0.717) is 11.3 Å². The van der Waals surface area contributed by atoms with E-state index in [9.17, 15) is 13.2 Å². The highest BCUT2D eigenvalue weighted by molar-refractivity contribution is 7.92. The van der Waals surface area contributed by atoms with Crippen molar-refractivity contribution in [2.75, 3.05) is 25.4 Å². The van der Waals surface area contributed by atoms with E-state index >= 15 is 0 Å². The molecule has 0 fully saturated rings. The second-order valence-electron chi connectivity index (χ2n) is 5.03. The van der Waals surface area contributed by atoms with E-state index in [1.54, 1.807) is 68.7 Å². The van der Waals surface area contributed by atoms with Gasteiger partial charge < -0.3 is 4.90 Å². The summed E-state index contributed by atoms with van der Waals surface area (Å²) in [5, 5.41) is 0. The van der Waals surface area contributed by atoms with E-state index in [4.69, 9.17) is 0 Å². The molecule has 0 aromatic heterocycles. The third-order valence-electron chi connectivity index (χ3n) is 3.29. The second-order valence-corrected chi connectivity index (χ2v) is 7.00. The largest absolute Gasteiger partial charge is 0.345 e. The van der Waals surface area contributed by atoms with Gasteiger partial charge in [0.2, 0.25) is 0 Å². The smallest absolute Gasteiger partial charge is 0.264 e. The minimum atomic E-state index is -3.60. The standard InChI is InChI=1S/C16H18N2O3S/c1-17(2)16(19)13-9-11-14(12-10-13)18(3)22(20,21)15-7-5-4-6-8-15/h4-12H,1-3H3. The van der Waals surface area contributed by atoms with Crippen molar-refractivity contribution in [1.29, 1.82) is 0 Å². The minimum Gasteiger partial charge on any atom is -0.345 e. The SMILES string of the molecule is CN(C)C(=O)c1ccc(N(C)S(=O)(=O)c2ccccc2)cc1. The summed E-state index contributed by atoms with van der Waals surface area (Å²) in [6.45, 7) is 0. The summed E-state index contributed by atoms with van der Waals surface area (Å²) in [7, 11) is 1.23. The Kier molecular flexibility index (Phi) is 4.51. The Morgan fingerprint density at radius 3 is 1.91 bits per heavy atom. The van der Waals surface area contributed by atoms with Gasteiger partial charge in [-0.3, -0.25) is 9.10 Å². The number of sulfonamides is 1. The van der Waals surface area contributed by atoms with Crippen LogP contribution in [-0.4, -0.2) is 40.4 Å². The molecular weight excluding hydrogens is 300 g/mol. The number of nitrogens with zero attached hydrogens (tertiary/aromatic N) is 2. The van der Waals surface area contributed by atoms with E-state index in [2.05, 4.69) is 0 Å². The lowest BCUT2D eigenvalue weighted by Gasteiger charge is -2.20. The van der Waals surface area contributed by atoms with Crippen LogP contribution in [0.3, 0.4) is 0 Å².